The van der Waals surface area contributed by atoms with Crippen molar-refractivity contribution in [2.75, 3.05) is 24.7 Å². The minimum atomic E-state index is -2.92. The number of sulfone groups is 1. The van der Waals surface area contributed by atoms with Gasteiger partial charge in [-0.1, -0.05) is 17.7 Å². The van der Waals surface area contributed by atoms with Crippen LogP contribution in [-0.4, -0.2) is 39.0 Å². The lowest BCUT2D eigenvalue weighted by Gasteiger charge is -2.10. The van der Waals surface area contributed by atoms with Crippen LogP contribution < -0.4 is 10.1 Å². The highest BCUT2D eigenvalue weighted by atomic mass is 35.5. The van der Waals surface area contributed by atoms with Crippen LogP contribution in [0.25, 0.3) is 0 Å². The number of ether oxygens (including phenoxy) is 1. The number of benzene rings is 1. The number of carbonyl (C=O) groups is 1. The highest BCUT2D eigenvalue weighted by Gasteiger charge is 2.29. The van der Waals surface area contributed by atoms with Crippen molar-refractivity contribution in [3.05, 3.63) is 29.3 Å². The highest BCUT2D eigenvalue weighted by molar-refractivity contribution is 7.91. The molecule has 0 aromatic heterocycles. The molecular formula is C14H18ClNO4S. The summed E-state index contributed by atoms with van der Waals surface area (Å²) in [6.07, 6.45) is 0.838. The number of carbonyl (C=O) groups excluding carboxylic acids is 1. The maximum atomic E-state index is 11.7. The molecule has 0 spiro atoms. The maximum absolute atomic E-state index is 11.7. The van der Waals surface area contributed by atoms with E-state index in [0.717, 1.165) is 0 Å². The molecule has 1 amide bonds. The largest absolute Gasteiger partial charge is 0.492 e. The number of hydrogen-bond acceptors (Lipinski definition) is 4. The third-order valence-electron chi connectivity index (χ3n) is 3.29. The fourth-order valence-electron chi connectivity index (χ4n) is 2.28. The van der Waals surface area contributed by atoms with Crippen LogP contribution in [0.4, 0.5) is 0 Å². The summed E-state index contributed by atoms with van der Waals surface area (Å²) in [5.74, 6) is 0.789. The van der Waals surface area contributed by atoms with E-state index in [9.17, 15) is 13.2 Å². The van der Waals surface area contributed by atoms with Crippen molar-refractivity contribution < 1.29 is 17.9 Å². The number of amides is 1. The third kappa shape index (κ3) is 5.55. The Hall–Kier alpha value is -1.27. The Balaban J connectivity index is 1.64. The topological polar surface area (TPSA) is 72.5 Å². The minimum Gasteiger partial charge on any atom is -0.492 e. The molecule has 116 valence electrons. The van der Waals surface area contributed by atoms with Crippen molar-refractivity contribution in [2.45, 2.75) is 12.8 Å². The molecule has 0 aliphatic carbocycles. The Kier molecular flexibility index (Phi) is 5.47. The van der Waals surface area contributed by atoms with E-state index in [-0.39, 0.29) is 29.8 Å². The van der Waals surface area contributed by atoms with Crippen LogP contribution in [-0.2, 0) is 14.6 Å². The molecule has 1 fully saturated rings. The van der Waals surface area contributed by atoms with E-state index in [2.05, 4.69) is 5.32 Å². The summed E-state index contributed by atoms with van der Waals surface area (Å²) in [6.45, 7) is 0.722. The first-order valence-corrected chi connectivity index (χ1v) is 9.00. The Labute approximate surface area is 129 Å². The zero-order chi connectivity index (χ0) is 15.3. The van der Waals surface area contributed by atoms with Gasteiger partial charge in [-0.05, 0) is 30.5 Å². The van der Waals surface area contributed by atoms with E-state index in [0.29, 0.717) is 30.3 Å². The molecule has 1 aliphatic rings. The zero-order valence-electron chi connectivity index (χ0n) is 11.5. The molecule has 1 unspecified atom stereocenters. The summed E-state index contributed by atoms with van der Waals surface area (Å²) in [4.78, 5) is 11.7. The number of hydrogen-bond donors (Lipinski definition) is 1. The molecule has 1 N–H and O–H groups in total. The lowest BCUT2D eigenvalue weighted by molar-refractivity contribution is -0.121. The van der Waals surface area contributed by atoms with Gasteiger partial charge in [0.2, 0.25) is 5.91 Å². The van der Waals surface area contributed by atoms with Gasteiger partial charge >= 0.3 is 0 Å². The van der Waals surface area contributed by atoms with Crippen LogP contribution in [0.15, 0.2) is 24.3 Å². The number of nitrogens with one attached hydrogen (secondary N) is 1. The van der Waals surface area contributed by atoms with E-state index < -0.39 is 9.84 Å². The lowest BCUT2D eigenvalue weighted by Crippen LogP contribution is -2.29. The van der Waals surface area contributed by atoms with Crippen molar-refractivity contribution in [2.24, 2.45) is 5.92 Å². The van der Waals surface area contributed by atoms with Crippen molar-refractivity contribution in [1.29, 1.82) is 0 Å². The van der Waals surface area contributed by atoms with E-state index in [1.807, 2.05) is 0 Å². The number of rotatable bonds is 6. The second-order valence-electron chi connectivity index (χ2n) is 5.13. The van der Waals surface area contributed by atoms with Gasteiger partial charge in [0.05, 0.1) is 18.1 Å². The Bertz CT molecular complexity index is 603. The summed E-state index contributed by atoms with van der Waals surface area (Å²) >= 11 is 5.83. The fourth-order valence-corrected chi connectivity index (χ4v) is 4.33. The van der Waals surface area contributed by atoms with Gasteiger partial charge < -0.3 is 10.1 Å². The van der Waals surface area contributed by atoms with E-state index in [4.69, 9.17) is 16.3 Å². The molecule has 1 aromatic rings. The van der Waals surface area contributed by atoms with E-state index in [1.54, 1.807) is 24.3 Å². The van der Waals surface area contributed by atoms with Crippen molar-refractivity contribution in [3.8, 4) is 5.75 Å². The minimum absolute atomic E-state index is 0.0520. The average molecular weight is 332 g/mol. The standard InChI is InChI=1S/C14H18ClNO4S/c15-12-2-1-3-13(9-12)20-6-5-16-14(17)8-11-4-7-21(18,19)10-11/h1-3,9,11H,4-8,10H2,(H,16,17). The van der Waals surface area contributed by atoms with Gasteiger partial charge in [-0.25, -0.2) is 8.42 Å². The van der Waals surface area contributed by atoms with Crippen LogP contribution >= 0.6 is 11.6 Å². The Morgan fingerprint density at radius 3 is 2.90 bits per heavy atom. The molecule has 1 heterocycles. The monoisotopic (exact) mass is 331 g/mol. The van der Waals surface area contributed by atoms with Gasteiger partial charge in [-0.15, -0.1) is 0 Å². The molecule has 2 rings (SSSR count). The quantitative estimate of drug-likeness (QED) is 0.805. The van der Waals surface area contributed by atoms with Crippen molar-refractivity contribution >= 4 is 27.3 Å². The lowest BCUT2D eigenvalue weighted by atomic mass is 10.1. The van der Waals surface area contributed by atoms with Gasteiger partial charge in [0.1, 0.15) is 12.4 Å². The summed E-state index contributed by atoms with van der Waals surface area (Å²) in [5, 5.41) is 3.33. The molecule has 21 heavy (non-hydrogen) atoms. The zero-order valence-corrected chi connectivity index (χ0v) is 13.1. The molecule has 7 heteroatoms. The molecule has 1 atom stereocenters. The summed E-state index contributed by atoms with van der Waals surface area (Å²) in [7, 11) is -2.92. The van der Waals surface area contributed by atoms with Crippen LogP contribution in [0.3, 0.4) is 0 Å². The molecule has 0 saturated carbocycles. The average Bonchev–Trinajstić information content (AvgIpc) is 2.74. The van der Waals surface area contributed by atoms with Gasteiger partial charge in [-0.2, -0.15) is 0 Å². The Morgan fingerprint density at radius 1 is 1.43 bits per heavy atom. The molecular weight excluding hydrogens is 314 g/mol. The molecule has 1 aromatic carbocycles. The van der Waals surface area contributed by atoms with E-state index >= 15 is 0 Å². The third-order valence-corrected chi connectivity index (χ3v) is 5.36. The normalized spacial score (nSPS) is 20.1. The predicted molar refractivity (Wildman–Crippen MR) is 81.3 cm³/mol. The van der Waals surface area contributed by atoms with Crippen LogP contribution in [0, 0.1) is 5.92 Å². The van der Waals surface area contributed by atoms with E-state index in [1.165, 1.54) is 0 Å². The van der Waals surface area contributed by atoms with Gasteiger partial charge in [-0.3, -0.25) is 4.79 Å². The van der Waals surface area contributed by atoms with Crippen molar-refractivity contribution in [1.82, 2.24) is 5.32 Å². The van der Waals surface area contributed by atoms with Gasteiger partial charge in [0.25, 0.3) is 0 Å². The SMILES string of the molecule is O=C(CC1CCS(=O)(=O)C1)NCCOc1cccc(Cl)c1. The van der Waals surface area contributed by atoms with Crippen LogP contribution in [0.1, 0.15) is 12.8 Å². The predicted octanol–water partition coefficient (Wildman–Crippen LogP) is 1.66. The molecule has 1 saturated heterocycles. The second kappa shape index (κ2) is 7.13. The van der Waals surface area contributed by atoms with Crippen molar-refractivity contribution in [3.63, 3.8) is 0 Å². The Morgan fingerprint density at radius 2 is 2.24 bits per heavy atom. The molecule has 1 aliphatic heterocycles. The first-order chi connectivity index (χ1) is 9.94. The highest BCUT2D eigenvalue weighted by Crippen LogP contribution is 2.21. The van der Waals surface area contributed by atoms with Gasteiger partial charge in [0, 0.05) is 11.4 Å². The molecule has 5 nitrogen and oxygen atoms in total. The second-order valence-corrected chi connectivity index (χ2v) is 7.79. The van der Waals surface area contributed by atoms with Gasteiger partial charge in [0.15, 0.2) is 9.84 Å². The summed E-state index contributed by atoms with van der Waals surface area (Å²) in [6, 6.07) is 7.03. The fraction of sp³-hybridized carbons (Fsp3) is 0.500. The first kappa shape index (κ1) is 16.1. The molecule has 0 radical (unpaired) electrons. The number of halogens is 1. The first-order valence-electron chi connectivity index (χ1n) is 6.80. The smallest absolute Gasteiger partial charge is 0.220 e. The summed E-state index contributed by atoms with van der Waals surface area (Å²) < 4.78 is 28.1. The van der Waals surface area contributed by atoms with Crippen LogP contribution in [0.2, 0.25) is 5.02 Å². The molecule has 0 bridgehead atoms. The maximum Gasteiger partial charge on any atom is 0.220 e. The summed E-state index contributed by atoms with van der Waals surface area (Å²) in [5.41, 5.74) is 0. The van der Waals surface area contributed by atoms with Crippen LogP contribution in [0.5, 0.6) is 5.75 Å².